The molecule has 0 spiro atoms. The summed E-state index contributed by atoms with van der Waals surface area (Å²) >= 11 is 0. The van der Waals surface area contributed by atoms with Crippen molar-refractivity contribution in [1.82, 2.24) is 15.2 Å². The minimum atomic E-state index is -0.494. The van der Waals surface area contributed by atoms with E-state index in [1.165, 1.54) is 12.1 Å². The molecule has 0 aliphatic carbocycles. The lowest BCUT2D eigenvalue weighted by atomic mass is 10.2. The Bertz CT molecular complexity index is 637. The van der Waals surface area contributed by atoms with Gasteiger partial charge in [-0.05, 0) is 29.8 Å². The van der Waals surface area contributed by atoms with Crippen LogP contribution in [0.2, 0.25) is 0 Å². The molecule has 1 aromatic heterocycles. The third kappa shape index (κ3) is 5.74. The van der Waals surface area contributed by atoms with Crippen molar-refractivity contribution in [3.05, 3.63) is 88.4 Å². The summed E-state index contributed by atoms with van der Waals surface area (Å²) in [4.78, 5) is 15.5. The lowest BCUT2D eigenvalue weighted by Gasteiger charge is -2.16. The molecule has 6 nitrogen and oxygen atoms in total. The number of nitrogens with one attached hydrogen (secondary N) is 1. The van der Waals surface area contributed by atoms with Gasteiger partial charge in [0.25, 0.3) is 6.20 Å². The third-order valence-electron chi connectivity index (χ3n) is 3.09. The van der Waals surface area contributed by atoms with Gasteiger partial charge in [0.05, 0.1) is 4.92 Å². The number of nitrogens with zero attached hydrogens (tertiary/aromatic N) is 3. The molecule has 3 rings (SSSR count). The van der Waals surface area contributed by atoms with Crippen LogP contribution in [0.3, 0.4) is 0 Å². The maximum atomic E-state index is 13.0. The molecule has 1 N–H and O–H groups in total. The number of aromatic nitrogens is 1. The summed E-state index contributed by atoms with van der Waals surface area (Å²) in [6.07, 6.45) is 4.44. The minimum absolute atomic E-state index is 0.297. The fraction of sp³-hybridized carbons (Fsp3) is 0.188. The quantitative estimate of drug-likeness (QED) is 0.695. The van der Waals surface area contributed by atoms with Crippen LogP contribution in [0.5, 0.6) is 0 Å². The van der Waals surface area contributed by atoms with Gasteiger partial charge in [0, 0.05) is 32.0 Å². The fourth-order valence-electron chi connectivity index (χ4n) is 2.11. The number of hydrogen-bond donors (Lipinski definition) is 1. The van der Waals surface area contributed by atoms with Crippen LogP contribution in [0.15, 0.2) is 66.9 Å². The molecule has 0 radical (unpaired) electrons. The number of benzene rings is 1. The minimum Gasteiger partial charge on any atom is -0.365 e. The molecule has 1 aliphatic heterocycles. The van der Waals surface area contributed by atoms with E-state index in [4.69, 9.17) is 0 Å². The molecular formula is C16H17FN4O2. The highest BCUT2D eigenvalue weighted by Gasteiger charge is 2.19. The number of pyridine rings is 1. The van der Waals surface area contributed by atoms with Crippen LogP contribution in [-0.4, -0.2) is 27.9 Å². The number of nitro groups is 1. The second-order valence-electron chi connectivity index (χ2n) is 4.80. The molecule has 1 aromatic carbocycles. The van der Waals surface area contributed by atoms with Crippen LogP contribution in [-0.2, 0) is 6.54 Å². The number of halogens is 1. The Morgan fingerprint density at radius 3 is 2.65 bits per heavy atom. The van der Waals surface area contributed by atoms with Crippen LogP contribution < -0.4 is 5.32 Å². The largest absolute Gasteiger partial charge is 0.365 e. The van der Waals surface area contributed by atoms with Gasteiger partial charge < -0.3 is 10.2 Å². The van der Waals surface area contributed by atoms with E-state index < -0.39 is 4.92 Å². The van der Waals surface area contributed by atoms with Crippen molar-refractivity contribution in [1.29, 1.82) is 0 Å². The number of rotatable bonds is 3. The van der Waals surface area contributed by atoms with Crippen molar-refractivity contribution in [3.8, 4) is 0 Å². The first kappa shape index (κ1) is 16.4. The second kappa shape index (κ2) is 8.47. The molecule has 0 unspecified atom stereocenters. The van der Waals surface area contributed by atoms with Crippen molar-refractivity contribution in [2.75, 3.05) is 13.1 Å². The first-order chi connectivity index (χ1) is 11.1. The lowest BCUT2D eigenvalue weighted by molar-refractivity contribution is -0.404. The SMILES string of the molecule is O=[N+]([O-])C=C1NCCN1Cc1cccc(F)c1.c1ccncc1. The van der Waals surface area contributed by atoms with Crippen LogP contribution in [0, 0.1) is 15.9 Å². The summed E-state index contributed by atoms with van der Waals surface area (Å²) in [6, 6.07) is 11.9. The summed E-state index contributed by atoms with van der Waals surface area (Å²) < 4.78 is 13.0. The summed E-state index contributed by atoms with van der Waals surface area (Å²) in [5, 5.41) is 13.3. The molecule has 2 aromatic rings. The zero-order valence-corrected chi connectivity index (χ0v) is 12.4. The molecule has 1 saturated heterocycles. The summed E-state index contributed by atoms with van der Waals surface area (Å²) in [6.45, 7) is 1.80. The van der Waals surface area contributed by atoms with Gasteiger partial charge in [0.2, 0.25) is 0 Å². The van der Waals surface area contributed by atoms with Gasteiger partial charge in [0.15, 0.2) is 5.82 Å². The van der Waals surface area contributed by atoms with Crippen molar-refractivity contribution >= 4 is 0 Å². The van der Waals surface area contributed by atoms with Crippen molar-refractivity contribution in [3.63, 3.8) is 0 Å². The van der Waals surface area contributed by atoms with Crippen LogP contribution in [0.4, 0.5) is 4.39 Å². The Morgan fingerprint density at radius 2 is 2.09 bits per heavy atom. The normalized spacial score (nSPS) is 14.8. The molecule has 120 valence electrons. The molecule has 7 heteroatoms. The molecule has 0 bridgehead atoms. The first-order valence-electron chi connectivity index (χ1n) is 7.09. The smallest absolute Gasteiger partial charge is 0.274 e. The molecule has 0 atom stereocenters. The highest BCUT2D eigenvalue weighted by atomic mass is 19.1. The van der Waals surface area contributed by atoms with Gasteiger partial charge in [-0.1, -0.05) is 18.2 Å². The molecule has 1 aliphatic rings. The molecule has 0 amide bonds. The van der Waals surface area contributed by atoms with Gasteiger partial charge in [-0.2, -0.15) is 0 Å². The Hall–Kier alpha value is -2.96. The lowest BCUT2D eigenvalue weighted by Crippen LogP contribution is -2.20. The van der Waals surface area contributed by atoms with E-state index in [-0.39, 0.29) is 5.82 Å². The fourth-order valence-corrected chi connectivity index (χ4v) is 2.11. The van der Waals surface area contributed by atoms with E-state index in [0.717, 1.165) is 11.8 Å². The molecule has 2 heterocycles. The molecule has 23 heavy (non-hydrogen) atoms. The Kier molecular flexibility index (Phi) is 6.05. The first-order valence-corrected chi connectivity index (χ1v) is 7.09. The highest BCUT2D eigenvalue weighted by Crippen LogP contribution is 2.13. The van der Waals surface area contributed by atoms with Gasteiger partial charge in [-0.25, -0.2) is 4.39 Å². The van der Waals surface area contributed by atoms with E-state index in [9.17, 15) is 14.5 Å². The maximum absolute atomic E-state index is 13.0. The zero-order valence-electron chi connectivity index (χ0n) is 12.4. The maximum Gasteiger partial charge on any atom is 0.274 e. The van der Waals surface area contributed by atoms with E-state index in [0.29, 0.717) is 25.5 Å². The van der Waals surface area contributed by atoms with Crippen molar-refractivity contribution in [2.45, 2.75) is 6.54 Å². The number of hydrogen-bond acceptors (Lipinski definition) is 5. The summed E-state index contributed by atoms with van der Waals surface area (Å²) in [5.41, 5.74) is 0.794. The van der Waals surface area contributed by atoms with Crippen LogP contribution in [0.1, 0.15) is 5.56 Å². The molecular weight excluding hydrogens is 299 g/mol. The van der Waals surface area contributed by atoms with Crippen molar-refractivity contribution in [2.24, 2.45) is 0 Å². The average molecular weight is 316 g/mol. The molecule has 1 fully saturated rings. The summed E-state index contributed by atoms with van der Waals surface area (Å²) in [5.74, 6) is 0.175. The van der Waals surface area contributed by atoms with Gasteiger partial charge >= 0.3 is 0 Å². The van der Waals surface area contributed by atoms with Crippen LogP contribution in [0.25, 0.3) is 0 Å². The Balaban J connectivity index is 0.000000268. The van der Waals surface area contributed by atoms with Gasteiger partial charge in [-0.15, -0.1) is 0 Å². The summed E-state index contributed by atoms with van der Waals surface area (Å²) in [7, 11) is 0. The predicted molar refractivity (Wildman–Crippen MR) is 84.1 cm³/mol. The van der Waals surface area contributed by atoms with E-state index >= 15 is 0 Å². The van der Waals surface area contributed by atoms with Gasteiger partial charge in [0.1, 0.15) is 5.82 Å². The molecule has 0 saturated carbocycles. The van der Waals surface area contributed by atoms with E-state index in [2.05, 4.69) is 10.3 Å². The zero-order chi connectivity index (χ0) is 16.5. The van der Waals surface area contributed by atoms with Gasteiger partial charge in [-0.3, -0.25) is 15.1 Å². The van der Waals surface area contributed by atoms with Crippen LogP contribution >= 0.6 is 0 Å². The standard InChI is InChI=1S/C11H12FN3O2.C5H5N/c12-10-3-1-2-9(6-10)7-14-5-4-13-11(14)8-15(16)17;1-2-4-6-5-3-1/h1-3,6,8,13H,4-5,7H2;1-5H. The highest BCUT2D eigenvalue weighted by molar-refractivity contribution is 5.17. The average Bonchev–Trinajstić information content (AvgIpc) is 2.96. The Labute approximate surface area is 133 Å². The van der Waals surface area contributed by atoms with E-state index in [1.54, 1.807) is 24.5 Å². The Morgan fingerprint density at radius 1 is 1.30 bits per heavy atom. The predicted octanol–water partition coefficient (Wildman–Crippen LogP) is 2.39. The third-order valence-corrected chi connectivity index (χ3v) is 3.09. The van der Waals surface area contributed by atoms with Crippen molar-refractivity contribution < 1.29 is 9.31 Å². The van der Waals surface area contributed by atoms with E-state index in [1.807, 2.05) is 23.1 Å². The monoisotopic (exact) mass is 316 g/mol. The topological polar surface area (TPSA) is 71.3 Å². The second-order valence-corrected chi connectivity index (χ2v) is 4.80.